The summed E-state index contributed by atoms with van der Waals surface area (Å²) in [6, 6.07) is 14.8. The van der Waals surface area contributed by atoms with Crippen molar-refractivity contribution in [3.63, 3.8) is 0 Å². The maximum absolute atomic E-state index is 11.8. The van der Waals surface area contributed by atoms with E-state index in [1.807, 2.05) is 43.3 Å². The van der Waals surface area contributed by atoms with Crippen molar-refractivity contribution in [3.05, 3.63) is 70.8 Å². The number of benzene rings is 2. The third-order valence-electron chi connectivity index (χ3n) is 5.18. The molecule has 0 spiro atoms. The first-order chi connectivity index (χ1) is 15.5. The van der Waals surface area contributed by atoms with E-state index in [9.17, 15) is 15.0 Å². The van der Waals surface area contributed by atoms with E-state index in [0.29, 0.717) is 23.6 Å². The van der Waals surface area contributed by atoms with Crippen LogP contribution >= 0.6 is 11.6 Å². The molecule has 2 aromatic carbocycles. The number of carboxylic acids is 1. The number of tetrazole rings is 1. The molecule has 1 atom stereocenters. The molecule has 0 aliphatic rings. The molecule has 3 N–H and O–H groups in total. The normalized spacial score (nSPS) is 12.1. The number of rotatable bonds is 8. The number of hydrogen-bond acceptors (Lipinski definition) is 6. The molecule has 4 rings (SSSR count). The fourth-order valence-electron chi connectivity index (χ4n) is 3.60. The van der Waals surface area contributed by atoms with Crippen LogP contribution in [0.3, 0.4) is 0 Å². The van der Waals surface area contributed by atoms with E-state index in [4.69, 9.17) is 11.6 Å². The standard InChI is InChI=1S/C22H21ClN6O3/c1-2-3-8-17-24-19(23)18(22(31)32)29(17)21(30)14-11-9-13(10-12-14)15-6-4-5-7-16(15)20-25-27-28-26-20/h4-7,9-12,21,30H,2-3,8H2,1H3,(H,31,32)(H,25,26,27,28). The number of aliphatic hydroxyl groups is 1. The predicted octanol–water partition coefficient (Wildman–Crippen LogP) is 3.96. The number of nitrogens with zero attached hydrogens (tertiary/aromatic N) is 5. The zero-order chi connectivity index (χ0) is 22.7. The van der Waals surface area contributed by atoms with Crippen LogP contribution in [0.5, 0.6) is 0 Å². The summed E-state index contributed by atoms with van der Waals surface area (Å²) in [5.74, 6) is -0.326. The van der Waals surface area contributed by atoms with E-state index in [1.165, 1.54) is 4.57 Å². The van der Waals surface area contributed by atoms with Crippen LogP contribution in [0, 0.1) is 0 Å². The van der Waals surface area contributed by atoms with Crippen molar-refractivity contribution in [1.82, 2.24) is 30.2 Å². The summed E-state index contributed by atoms with van der Waals surface area (Å²) >= 11 is 6.08. The molecular weight excluding hydrogens is 432 g/mol. The molecule has 0 bridgehead atoms. The molecule has 0 aliphatic carbocycles. The number of aromatic carboxylic acids is 1. The molecule has 10 heteroatoms. The summed E-state index contributed by atoms with van der Waals surface area (Å²) < 4.78 is 1.29. The number of hydrogen-bond donors (Lipinski definition) is 3. The fourth-order valence-corrected chi connectivity index (χ4v) is 3.87. The number of imidazole rings is 1. The zero-order valence-electron chi connectivity index (χ0n) is 17.2. The highest BCUT2D eigenvalue weighted by atomic mass is 35.5. The molecule has 2 heterocycles. The second-order valence-corrected chi connectivity index (χ2v) is 7.58. The van der Waals surface area contributed by atoms with Crippen molar-refractivity contribution in [2.75, 3.05) is 0 Å². The maximum Gasteiger partial charge on any atom is 0.355 e. The average molecular weight is 453 g/mol. The minimum atomic E-state index is -1.24. The lowest BCUT2D eigenvalue weighted by Crippen LogP contribution is -2.18. The average Bonchev–Trinajstić information content (AvgIpc) is 3.45. The van der Waals surface area contributed by atoms with E-state index >= 15 is 0 Å². The lowest BCUT2D eigenvalue weighted by atomic mass is 9.98. The van der Waals surface area contributed by atoms with Gasteiger partial charge >= 0.3 is 5.97 Å². The van der Waals surface area contributed by atoms with E-state index in [-0.39, 0.29) is 10.8 Å². The molecule has 0 amide bonds. The van der Waals surface area contributed by atoms with Gasteiger partial charge in [0.25, 0.3) is 0 Å². The quantitative estimate of drug-likeness (QED) is 0.368. The topological polar surface area (TPSA) is 130 Å². The Bertz CT molecular complexity index is 1220. The van der Waals surface area contributed by atoms with Crippen LogP contribution in [0.1, 0.15) is 47.9 Å². The zero-order valence-corrected chi connectivity index (χ0v) is 18.0. The van der Waals surface area contributed by atoms with Crippen molar-refractivity contribution >= 4 is 17.6 Å². The Morgan fingerprint density at radius 1 is 1.16 bits per heavy atom. The van der Waals surface area contributed by atoms with Gasteiger partial charge in [-0.2, -0.15) is 5.21 Å². The molecule has 0 fully saturated rings. The van der Waals surface area contributed by atoms with E-state index in [2.05, 4.69) is 25.6 Å². The summed E-state index contributed by atoms with van der Waals surface area (Å²) in [5.41, 5.74) is 2.88. The molecule has 1 unspecified atom stereocenters. The molecule has 0 saturated heterocycles. The minimum absolute atomic E-state index is 0.131. The lowest BCUT2D eigenvalue weighted by Gasteiger charge is -2.18. The Labute approximate surface area is 188 Å². The smallest absolute Gasteiger partial charge is 0.355 e. The molecule has 4 aromatic rings. The molecule has 2 aromatic heterocycles. The van der Waals surface area contributed by atoms with Gasteiger partial charge in [-0.25, -0.2) is 9.78 Å². The number of H-pyrrole nitrogens is 1. The van der Waals surface area contributed by atoms with Gasteiger partial charge in [0.2, 0.25) is 5.82 Å². The molecule has 9 nitrogen and oxygen atoms in total. The number of carbonyl (C=O) groups is 1. The fraction of sp³-hybridized carbons (Fsp3) is 0.227. The highest BCUT2D eigenvalue weighted by Gasteiger charge is 2.26. The molecular formula is C22H21ClN6O3. The predicted molar refractivity (Wildman–Crippen MR) is 118 cm³/mol. The largest absolute Gasteiger partial charge is 0.476 e. The van der Waals surface area contributed by atoms with Crippen molar-refractivity contribution < 1.29 is 15.0 Å². The van der Waals surface area contributed by atoms with Crippen molar-refractivity contribution in [2.45, 2.75) is 32.4 Å². The Morgan fingerprint density at radius 2 is 1.88 bits per heavy atom. The van der Waals surface area contributed by atoms with Gasteiger partial charge in [-0.15, -0.1) is 10.2 Å². The van der Waals surface area contributed by atoms with Gasteiger partial charge < -0.3 is 10.2 Å². The van der Waals surface area contributed by atoms with Gasteiger partial charge in [0.05, 0.1) is 0 Å². The number of aromatic amines is 1. The van der Waals surface area contributed by atoms with Gasteiger partial charge in [-0.3, -0.25) is 4.57 Å². The number of unbranched alkanes of at least 4 members (excludes halogenated alkanes) is 1. The number of carboxylic acid groups (broad SMARTS) is 1. The van der Waals surface area contributed by atoms with Gasteiger partial charge in [0, 0.05) is 17.5 Å². The monoisotopic (exact) mass is 452 g/mol. The molecule has 0 aliphatic heterocycles. The lowest BCUT2D eigenvalue weighted by molar-refractivity contribution is 0.0656. The summed E-state index contributed by atoms with van der Waals surface area (Å²) in [7, 11) is 0. The van der Waals surface area contributed by atoms with Crippen LogP contribution in [-0.2, 0) is 6.42 Å². The highest BCUT2D eigenvalue weighted by molar-refractivity contribution is 6.32. The van der Waals surface area contributed by atoms with Gasteiger partial charge in [0.1, 0.15) is 5.82 Å². The summed E-state index contributed by atoms with van der Waals surface area (Å²) in [6.07, 6.45) is 0.966. The van der Waals surface area contributed by atoms with Crippen molar-refractivity contribution in [2.24, 2.45) is 0 Å². The van der Waals surface area contributed by atoms with Gasteiger partial charge in [-0.1, -0.05) is 73.5 Å². The van der Waals surface area contributed by atoms with Crippen LogP contribution < -0.4 is 0 Å². The Hall–Kier alpha value is -3.56. The maximum atomic E-state index is 11.8. The second kappa shape index (κ2) is 9.29. The number of aromatic nitrogens is 6. The number of aryl methyl sites for hydroxylation is 1. The van der Waals surface area contributed by atoms with Gasteiger partial charge in [0.15, 0.2) is 17.1 Å². The first-order valence-corrected chi connectivity index (χ1v) is 10.5. The van der Waals surface area contributed by atoms with E-state index < -0.39 is 12.2 Å². The Kier molecular flexibility index (Phi) is 6.29. The number of halogens is 1. The van der Waals surface area contributed by atoms with Crippen LogP contribution in [-0.4, -0.2) is 46.4 Å². The first-order valence-electron chi connectivity index (χ1n) is 10.1. The summed E-state index contributed by atoms with van der Waals surface area (Å²) in [6.45, 7) is 2.02. The summed E-state index contributed by atoms with van der Waals surface area (Å²) in [5, 5.41) is 34.7. The Balaban J connectivity index is 1.70. The van der Waals surface area contributed by atoms with Crippen molar-refractivity contribution in [3.8, 4) is 22.5 Å². The number of aliphatic hydroxyl groups excluding tert-OH is 1. The number of nitrogens with one attached hydrogen (secondary N) is 1. The molecule has 164 valence electrons. The van der Waals surface area contributed by atoms with Crippen molar-refractivity contribution in [1.29, 1.82) is 0 Å². The molecule has 0 radical (unpaired) electrons. The summed E-state index contributed by atoms with van der Waals surface area (Å²) in [4.78, 5) is 16.0. The molecule has 0 saturated carbocycles. The minimum Gasteiger partial charge on any atom is -0.476 e. The highest BCUT2D eigenvalue weighted by Crippen LogP contribution is 2.32. The van der Waals surface area contributed by atoms with E-state index in [1.54, 1.807) is 12.1 Å². The van der Waals surface area contributed by atoms with E-state index in [0.717, 1.165) is 29.5 Å². The third-order valence-corrected chi connectivity index (χ3v) is 5.44. The first kappa shape index (κ1) is 21.7. The third kappa shape index (κ3) is 4.12. The van der Waals surface area contributed by atoms with Gasteiger partial charge in [-0.05, 0) is 22.8 Å². The SMILES string of the molecule is CCCCc1nc(Cl)c(C(=O)O)n1C(O)c1ccc(-c2ccccc2-c2nn[nH]n2)cc1. The van der Waals surface area contributed by atoms with Crippen LogP contribution in [0.2, 0.25) is 5.15 Å². The Morgan fingerprint density at radius 3 is 2.50 bits per heavy atom. The van der Waals surface area contributed by atoms with Crippen LogP contribution in [0.25, 0.3) is 22.5 Å². The van der Waals surface area contributed by atoms with Crippen LogP contribution in [0.15, 0.2) is 48.5 Å². The van der Waals surface area contributed by atoms with Crippen LogP contribution in [0.4, 0.5) is 0 Å². The molecule has 32 heavy (non-hydrogen) atoms. The second-order valence-electron chi connectivity index (χ2n) is 7.22.